The number of benzene rings is 2. The number of aliphatic hydroxyl groups is 1. The van der Waals surface area contributed by atoms with Crippen molar-refractivity contribution in [1.29, 1.82) is 5.26 Å². The van der Waals surface area contributed by atoms with E-state index >= 15 is 0 Å². The lowest BCUT2D eigenvalue weighted by Gasteiger charge is -2.33. The van der Waals surface area contributed by atoms with Crippen LogP contribution in [-0.2, 0) is 11.3 Å². The van der Waals surface area contributed by atoms with Gasteiger partial charge in [0.25, 0.3) is 0 Å². The zero-order valence-corrected chi connectivity index (χ0v) is 19.2. The van der Waals surface area contributed by atoms with E-state index in [1.165, 1.54) is 0 Å². The summed E-state index contributed by atoms with van der Waals surface area (Å²) in [4.78, 5) is 2.20. The largest absolute Gasteiger partial charge is 0.495 e. The number of methoxy groups -OCH3 is 1. The molecule has 4 rings (SSSR count). The number of nitrogens with one attached hydrogen (secondary N) is 1. The molecule has 33 heavy (non-hydrogen) atoms. The van der Waals surface area contributed by atoms with Gasteiger partial charge in [-0.05, 0) is 48.7 Å². The third-order valence-corrected chi connectivity index (χ3v) is 6.05. The Labute approximate surface area is 197 Å². The molecule has 172 valence electrons. The van der Waals surface area contributed by atoms with Gasteiger partial charge in [-0.2, -0.15) is 5.26 Å². The number of piperidine rings is 1. The Morgan fingerprint density at radius 3 is 2.70 bits per heavy atom. The summed E-state index contributed by atoms with van der Waals surface area (Å²) in [5, 5.41) is 33.1. The van der Waals surface area contributed by atoms with Gasteiger partial charge in [0.15, 0.2) is 11.6 Å². The number of nitriles is 1. The van der Waals surface area contributed by atoms with E-state index in [0.29, 0.717) is 35.3 Å². The Bertz CT molecular complexity index is 1160. The summed E-state index contributed by atoms with van der Waals surface area (Å²) in [6.07, 6.45) is 1.87. The number of halogens is 1. The fourth-order valence-corrected chi connectivity index (χ4v) is 4.31. The van der Waals surface area contributed by atoms with Crippen molar-refractivity contribution < 1.29 is 14.6 Å². The average Bonchev–Trinajstić information content (AvgIpc) is 2.86. The topological polar surface area (TPSA) is 104 Å². The second-order valence-corrected chi connectivity index (χ2v) is 8.25. The molecule has 0 bridgehead atoms. The van der Waals surface area contributed by atoms with Crippen molar-refractivity contribution in [2.24, 2.45) is 0 Å². The van der Waals surface area contributed by atoms with Crippen molar-refractivity contribution in [3.8, 4) is 11.8 Å². The number of aromatic nitrogens is 2. The SMILES string of the molecule is COc1ccc(CNc2nnc(N3CCC(OCCO)CC3)c3ccc(C#N)cc23)cc1Cl. The highest BCUT2D eigenvalue weighted by atomic mass is 35.5. The van der Waals surface area contributed by atoms with Gasteiger partial charge >= 0.3 is 0 Å². The van der Waals surface area contributed by atoms with Crippen LogP contribution in [-0.4, -0.2) is 54.8 Å². The van der Waals surface area contributed by atoms with Crippen LogP contribution in [0.25, 0.3) is 10.8 Å². The Balaban J connectivity index is 1.57. The van der Waals surface area contributed by atoms with Crippen molar-refractivity contribution in [2.75, 3.05) is 43.6 Å². The first-order chi connectivity index (χ1) is 16.1. The lowest BCUT2D eigenvalue weighted by Crippen LogP contribution is -2.38. The Hall–Kier alpha value is -3.12. The first kappa shape index (κ1) is 23.1. The van der Waals surface area contributed by atoms with Crippen molar-refractivity contribution in [1.82, 2.24) is 10.2 Å². The van der Waals surface area contributed by atoms with Crippen molar-refractivity contribution in [3.05, 3.63) is 52.5 Å². The number of ether oxygens (including phenoxy) is 2. The summed E-state index contributed by atoms with van der Waals surface area (Å²) >= 11 is 6.25. The van der Waals surface area contributed by atoms with Gasteiger partial charge in [-0.15, -0.1) is 10.2 Å². The maximum atomic E-state index is 9.42. The molecule has 0 aliphatic carbocycles. The van der Waals surface area contributed by atoms with Crippen LogP contribution in [0.1, 0.15) is 24.0 Å². The molecule has 8 nitrogen and oxygen atoms in total. The molecule has 0 amide bonds. The summed E-state index contributed by atoms with van der Waals surface area (Å²) in [5.74, 6) is 2.03. The van der Waals surface area contributed by atoms with Crippen LogP contribution in [0.15, 0.2) is 36.4 Å². The maximum absolute atomic E-state index is 9.42. The predicted molar refractivity (Wildman–Crippen MR) is 128 cm³/mol. The van der Waals surface area contributed by atoms with E-state index in [1.807, 2.05) is 30.3 Å². The monoisotopic (exact) mass is 467 g/mol. The zero-order chi connectivity index (χ0) is 23.2. The third kappa shape index (κ3) is 5.28. The Kier molecular flexibility index (Phi) is 7.45. The van der Waals surface area contributed by atoms with Gasteiger partial charge in [0.05, 0.1) is 43.1 Å². The van der Waals surface area contributed by atoms with E-state index in [1.54, 1.807) is 13.2 Å². The summed E-state index contributed by atoms with van der Waals surface area (Å²) < 4.78 is 10.9. The number of aliphatic hydroxyl groups excluding tert-OH is 1. The molecule has 1 aliphatic heterocycles. The third-order valence-electron chi connectivity index (χ3n) is 5.75. The molecule has 0 unspecified atom stereocenters. The van der Waals surface area contributed by atoms with Crippen molar-refractivity contribution >= 4 is 34.0 Å². The normalized spacial score (nSPS) is 14.3. The number of fused-ring (bicyclic) bond motifs is 1. The van der Waals surface area contributed by atoms with Crippen LogP contribution in [0.2, 0.25) is 5.02 Å². The predicted octanol–water partition coefficient (Wildman–Crippen LogP) is 3.75. The molecule has 2 heterocycles. The molecule has 3 aromatic rings. The van der Waals surface area contributed by atoms with Crippen LogP contribution in [0, 0.1) is 11.3 Å². The first-order valence-electron chi connectivity index (χ1n) is 10.9. The van der Waals surface area contributed by atoms with Crippen molar-refractivity contribution in [2.45, 2.75) is 25.5 Å². The van der Waals surface area contributed by atoms with Gasteiger partial charge in [0.2, 0.25) is 0 Å². The molecule has 0 spiro atoms. The lowest BCUT2D eigenvalue weighted by atomic mass is 10.1. The van der Waals surface area contributed by atoms with Crippen molar-refractivity contribution in [3.63, 3.8) is 0 Å². The maximum Gasteiger partial charge on any atom is 0.159 e. The molecular weight excluding hydrogens is 442 g/mol. The second kappa shape index (κ2) is 10.7. The molecule has 2 N–H and O–H groups in total. The Morgan fingerprint density at radius 2 is 2.00 bits per heavy atom. The minimum absolute atomic E-state index is 0.0365. The van der Waals surface area contributed by atoms with Gasteiger partial charge in [-0.25, -0.2) is 0 Å². The highest BCUT2D eigenvalue weighted by Crippen LogP contribution is 2.32. The number of rotatable bonds is 8. The van der Waals surface area contributed by atoms with Crippen LogP contribution in [0.4, 0.5) is 11.6 Å². The highest BCUT2D eigenvalue weighted by molar-refractivity contribution is 6.32. The number of nitrogens with zero attached hydrogens (tertiary/aromatic N) is 4. The fraction of sp³-hybridized carbons (Fsp3) is 0.375. The van der Waals surface area contributed by atoms with Gasteiger partial charge in [0, 0.05) is 30.4 Å². The second-order valence-electron chi connectivity index (χ2n) is 7.85. The molecule has 1 fully saturated rings. The molecule has 0 radical (unpaired) electrons. The smallest absolute Gasteiger partial charge is 0.159 e. The Morgan fingerprint density at radius 1 is 1.18 bits per heavy atom. The minimum atomic E-state index is 0.0365. The number of hydrogen-bond donors (Lipinski definition) is 2. The van der Waals surface area contributed by atoms with E-state index < -0.39 is 0 Å². The van der Waals surface area contributed by atoms with E-state index in [-0.39, 0.29) is 12.7 Å². The van der Waals surface area contributed by atoms with Crippen LogP contribution >= 0.6 is 11.6 Å². The van der Waals surface area contributed by atoms with Gasteiger partial charge in [-0.3, -0.25) is 0 Å². The molecule has 1 aliphatic rings. The molecule has 2 aromatic carbocycles. The molecular formula is C24H26ClN5O3. The lowest BCUT2D eigenvalue weighted by molar-refractivity contribution is 0.0158. The number of anilines is 2. The van der Waals surface area contributed by atoms with E-state index in [9.17, 15) is 5.26 Å². The van der Waals surface area contributed by atoms with Gasteiger partial charge in [0.1, 0.15) is 5.75 Å². The average molecular weight is 468 g/mol. The molecule has 0 atom stereocenters. The first-order valence-corrected chi connectivity index (χ1v) is 11.2. The van der Waals surface area contributed by atoms with Crippen LogP contribution < -0.4 is 15.0 Å². The minimum Gasteiger partial charge on any atom is -0.495 e. The number of hydrogen-bond acceptors (Lipinski definition) is 8. The summed E-state index contributed by atoms with van der Waals surface area (Å²) in [7, 11) is 1.58. The standard InChI is InChI=1S/C24H26ClN5O3/c1-32-22-5-3-17(13-21(22)25)15-27-23-20-12-16(14-26)2-4-19(20)24(29-28-23)30-8-6-18(7-9-30)33-11-10-31/h2-5,12-13,18,31H,6-11,15H2,1H3,(H,27,28). The highest BCUT2D eigenvalue weighted by Gasteiger charge is 2.23. The molecule has 1 saturated heterocycles. The summed E-state index contributed by atoms with van der Waals surface area (Å²) in [5.41, 5.74) is 1.54. The summed E-state index contributed by atoms with van der Waals surface area (Å²) in [6.45, 7) is 2.48. The van der Waals surface area contributed by atoms with Gasteiger partial charge < -0.3 is 24.8 Å². The quantitative estimate of drug-likeness (QED) is 0.516. The molecule has 0 saturated carbocycles. The van der Waals surface area contributed by atoms with Gasteiger partial charge in [-0.1, -0.05) is 17.7 Å². The molecule has 9 heteroatoms. The summed E-state index contributed by atoms with van der Waals surface area (Å²) in [6, 6.07) is 13.4. The van der Waals surface area contributed by atoms with E-state index in [4.69, 9.17) is 26.2 Å². The van der Waals surface area contributed by atoms with E-state index in [2.05, 4.69) is 26.5 Å². The van der Waals surface area contributed by atoms with Crippen LogP contribution in [0.5, 0.6) is 5.75 Å². The van der Waals surface area contributed by atoms with E-state index in [0.717, 1.165) is 48.1 Å². The fourth-order valence-electron chi connectivity index (χ4n) is 4.03. The molecule has 1 aromatic heterocycles. The zero-order valence-electron chi connectivity index (χ0n) is 18.4. The van der Waals surface area contributed by atoms with Crippen LogP contribution in [0.3, 0.4) is 0 Å².